The quantitative estimate of drug-likeness (QED) is 0.140. The maximum atomic E-state index is 11.8. The zero-order chi connectivity index (χ0) is 36.4. The highest BCUT2D eigenvalue weighted by Gasteiger charge is 2.06. The van der Waals surface area contributed by atoms with E-state index in [0.717, 1.165) is 61.2 Å². The van der Waals surface area contributed by atoms with Crippen molar-refractivity contribution in [1.29, 1.82) is 5.26 Å². The molecule has 0 radical (unpaired) electrons. The molecule has 8 rings (SSSR count). The minimum absolute atomic E-state index is 0.0744. The lowest BCUT2D eigenvalue weighted by molar-refractivity contribution is 0.293. The highest BCUT2D eigenvalue weighted by Crippen LogP contribution is 2.22. The van der Waals surface area contributed by atoms with E-state index in [1.165, 1.54) is 0 Å². The van der Waals surface area contributed by atoms with Gasteiger partial charge in [0.2, 0.25) is 0 Å². The Morgan fingerprint density at radius 1 is 0.566 bits per heavy atom. The van der Waals surface area contributed by atoms with Crippen molar-refractivity contribution >= 4 is 44.3 Å². The first-order chi connectivity index (χ1) is 26.0. The maximum absolute atomic E-state index is 11.8. The molecule has 3 heterocycles. The molecular weight excluding hydrogens is 684 g/mol. The summed E-state index contributed by atoms with van der Waals surface area (Å²) in [6.45, 7) is 1.18. The minimum Gasteiger partial charge on any atom is -0.489 e. The number of hydrogen-bond acceptors (Lipinski definition) is 7. The second-order valence-electron chi connectivity index (χ2n) is 12.2. The standard InChI is InChI=1S/C27H19N3O3.C17H14ClNO/c28-15-21-13-20-14-24(10-11-26(20)30-27(21)31)32-16-18-4-3-6-23(12-18)33-17-22-9-8-19-5-1-2-7-25(19)29-22;18-11-13-4-3-6-16(10-13)20-12-15-9-8-14-5-1-2-7-17(14)19-15/h1-14H,16-17H2,(H,30,31);1-10H,11-12H2. The number of para-hydroxylation sites is 2. The number of fused-ring (bicyclic) bond motifs is 3. The van der Waals surface area contributed by atoms with Gasteiger partial charge in [0, 0.05) is 27.6 Å². The lowest BCUT2D eigenvalue weighted by Crippen LogP contribution is -2.09. The number of ether oxygens (including phenoxy) is 3. The van der Waals surface area contributed by atoms with Crippen molar-refractivity contribution in [3.8, 4) is 23.3 Å². The van der Waals surface area contributed by atoms with Gasteiger partial charge in [-0.25, -0.2) is 9.97 Å². The third kappa shape index (κ3) is 8.98. The zero-order valence-electron chi connectivity index (χ0n) is 28.5. The number of H-pyrrole nitrogens is 1. The highest BCUT2D eigenvalue weighted by molar-refractivity contribution is 6.17. The summed E-state index contributed by atoms with van der Waals surface area (Å²) in [5.74, 6) is 2.69. The topological polar surface area (TPSA) is 110 Å². The van der Waals surface area contributed by atoms with E-state index in [4.69, 9.17) is 31.1 Å². The normalized spacial score (nSPS) is 10.7. The summed E-state index contributed by atoms with van der Waals surface area (Å²) in [6, 6.07) is 48.5. The van der Waals surface area contributed by atoms with Gasteiger partial charge < -0.3 is 19.2 Å². The molecule has 53 heavy (non-hydrogen) atoms. The predicted octanol–water partition coefficient (Wildman–Crippen LogP) is 9.66. The van der Waals surface area contributed by atoms with Crippen LogP contribution in [0.1, 0.15) is 28.1 Å². The van der Waals surface area contributed by atoms with Crippen LogP contribution < -0.4 is 19.8 Å². The van der Waals surface area contributed by atoms with Crippen molar-refractivity contribution in [2.24, 2.45) is 0 Å². The van der Waals surface area contributed by atoms with E-state index in [2.05, 4.69) is 27.1 Å². The van der Waals surface area contributed by atoms with Crippen LogP contribution >= 0.6 is 11.6 Å². The molecule has 0 spiro atoms. The summed E-state index contributed by atoms with van der Waals surface area (Å²) in [4.78, 5) is 23.7. The highest BCUT2D eigenvalue weighted by atomic mass is 35.5. The number of pyridine rings is 3. The third-order valence-corrected chi connectivity index (χ3v) is 8.69. The second kappa shape index (κ2) is 16.6. The Kier molecular flexibility index (Phi) is 10.9. The molecule has 0 unspecified atom stereocenters. The number of nitriles is 1. The Hall–Kier alpha value is -6.69. The van der Waals surface area contributed by atoms with E-state index in [1.807, 2.05) is 115 Å². The molecule has 9 heteroatoms. The summed E-state index contributed by atoms with van der Waals surface area (Å²) < 4.78 is 17.6. The van der Waals surface area contributed by atoms with Gasteiger partial charge in [-0.2, -0.15) is 5.26 Å². The van der Waals surface area contributed by atoms with Crippen molar-refractivity contribution in [1.82, 2.24) is 15.0 Å². The van der Waals surface area contributed by atoms with Gasteiger partial charge in [0.1, 0.15) is 48.7 Å². The van der Waals surface area contributed by atoms with E-state index < -0.39 is 5.56 Å². The van der Waals surface area contributed by atoms with Gasteiger partial charge in [-0.3, -0.25) is 4.79 Å². The smallest absolute Gasteiger partial charge is 0.266 e. The first-order valence-corrected chi connectivity index (χ1v) is 17.5. The van der Waals surface area contributed by atoms with Gasteiger partial charge >= 0.3 is 0 Å². The summed E-state index contributed by atoms with van der Waals surface area (Å²) in [6.07, 6.45) is 0. The molecule has 0 aliphatic carbocycles. The Labute approximate surface area is 310 Å². The number of nitrogens with zero attached hydrogens (tertiary/aromatic N) is 3. The van der Waals surface area contributed by atoms with E-state index in [9.17, 15) is 4.79 Å². The first-order valence-electron chi connectivity index (χ1n) is 16.9. The van der Waals surface area contributed by atoms with Crippen LogP contribution in [-0.4, -0.2) is 15.0 Å². The second-order valence-corrected chi connectivity index (χ2v) is 12.4. The lowest BCUT2D eigenvalue weighted by atomic mass is 10.1. The molecule has 0 aliphatic heterocycles. The number of aromatic nitrogens is 3. The molecule has 1 N–H and O–H groups in total. The summed E-state index contributed by atoms with van der Waals surface area (Å²) in [5.41, 5.74) is 6.06. The number of hydrogen-bond donors (Lipinski definition) is 1. The molecular formula is C44H33ClN4O4. The first kappa shape index (κ1) is 34.7. The minimum atomic E-state index is -0.394. The van der Waals surface area contributed by atoms with Crippen LogP contribution in [0.3, 0.4) is 0 Å². The molecule has 0 saturated heterocycles. The maximum Gasteiger partial charge on any atom is 0.266 e. The average molecular weight is 717 g/mol. The van der Waals surface area contributed by atoms with Gasteiger partial charge in [0.15, 0.2) is 0 Å². The van der Waals surface area contributed by atoms with Gasteiger partial charge in [-0.05, 0) is 83.9 Å². The van der Waals surface area contributed by atoms with Gasteiger partial charge in [-0.15, -0.1) is 11.6 Å². The van der Waals surface area contributed by atoms with Crippen molar-refractivity contribution in [2.75, 3.05) is 0 Å². The molecule has 0 saturated carbocycles. The SMILES string of the molecule is ClCc1cccc(OCc2ccc3ccccc3n2)c1.N#Cc1cc2cc(OCc3cccc(OCc4ccc5ccccc5n4)c3)ccc2[nH]c1=O. The van der Waals surface area contributed by atoms with Crippen molar-refractivity contribution < 1.29 is 14.2 Å². The fourth-order valence-electron chi connectivity index (χ4n) is 5.66. The van der Waals surface area contributed by atoms with Gasteiger partial charge in [-0.1, -0.05) is 72.8 Å². The fraction of sp³-hybridized carbons (Fsp3) is 0.0909. The Morgan fingerprint density at radius 2 is 1.13 bits per heavy atom. The number of benzene rings is 5. The average Bonchev–Trinajstić information content (AvgIpc) is 3.21. The van der Waals surface area contributed by atoms with Crippen LogP contribution in [0.2, 0.25) is 0 Å². The van der Waals surface area contributed by atoms with Crippen LogP contribution in [0, 0.1) is 11.3 Å². The van der Waals surface area contributed by atoms with Crippen LogP contribution in [-0.2, 0) is 25.7 Å². The van der Waals surface area contributed by atoms with Crippen molar-refractivity contribution in [2.45, 2.75) is 25.7 Å². The van der Waals surface area contributed by atoms with E-state index in [1.54, 1.807) is 24.3 Å². The molecule has 0 amide bonds. The molecule has 5 aromatic carbocycles. The van der Waals surface area contributed by atoms with Crippen LogP contribution in [0.15, 0.2) is 150 Å². The lowest BCUT2D eigenvalue weighted by Gasteiger charge is -2.10. The summed E-state index contributed by atoms with van der Waals surface area (Å²) >= 11 is 5.81. The summed E-state index contributed by atoms with van der Waals surface area (Å²) in [7, 11) is 0. The Morgan fingerprint density at radius 3 is 1.75 bits per heavy atom. The Balaban J connectivity index is 0.000000186. The molecule has 0 aliphatic rings. The van der Waals surface area contributed by atoms with E-state index in [0.29, 0.717) is 37.0 Å². The van der Waals surface area contributed by atoms with Crippen LogP contribution in [0.25, 0.3) is 32.7 Å². The van der Waals surface area contributed by atoms with Gasteiger partial charge in [0.25, 0.3) is 5.56 Å². The van der Waals surface area contributed by atoms with Crippen LogP contribution in [0.5, 0.6) is 17.2 Å². The number of alkyl halides is 1. The van der Waals surface area contributed by atoms with Crippen molar-refractivity contribution in [3.05, 3.63) is 184 Å². The number of nitrogens with one attached hydrogen (secondary N) is 1. The predicted molar refractivity (Wildman–Crippen MR) is 208 cm³/mol. The summed E-state index contributed by atoms with van der Waals surface area (Å²) in [5, 5.41) is 12.1. The van der Waals surface area contributed by atoms with Gasteiger partial charge in [0.05, 0.1) is 22.4 Å². The number of rotatable bonds is 10. The Bertz CT molecular complexity index is 2640. The molecule has 0 atom stereocenters. The molecule has 8 aromatic rings. The van der Waals surface area contributed by atoms with Crippen molar-refractivity contribution in [3.63, 3.8) is 0 Å². The molecule has 0 fully saturated rings. The largest absolute Gasteiger partial charge is 0.489 e. The zero-order valence-corrected chi connectivity index (χ0v) is 29.3. The number of aromatic amines is 1. The molecule has 8 nitrogen and oxygen atoms in total. The molecule has 260 valence electrons. The van der Waals surface area contributed by atoms with E-state index >= 15 is 0 Å². The third-order valence-electron chi connectivity index (χ3n) is 8.38. The number of halogens is 1. The molecule has 0 bridgehead atoms. The fourth-order valence-corrected chi connectivity index (χ4v) is 5.83. The molecule has 3 aromatic heterocycles. The van der Waals surface area contributed by atoms with Crippen LogP contribution in [0.4, 0.5) is 0 Å². The monoisotopic (exact) mass is 716 g/mol. The van der Waals surface area contributed by atoms with E-state index in [-0.39, 0.29) is 5.56 Å².